The first-order chi connectivity index (χ1) is 10.5. The monoisotopic (exact) mass is 338 g/mol. The molecule has 1 atom stereocenters. The lowest BCUT2D eigenvalue weighted by atomic mass is 9.96. The van der Waals surface area contributed by atoms with Crippen molar-refractivity contribution in [2.45, 2.75) is 56.0 Å². The van der Waals surface area contributed by atoms with Gasteiger partial charge in [-0.05, 0) is 31.9 Å². The predicted octanol–water partition coefficient (Wildman–Crippen LogP) is 3.68. The molecule has 0 saturated heterocycles. The Morgan fingerprint density at radius 1 is 1.18 bits per heavy atom. The molecule has 1 heterocycles. The summed E-state index contributed by atoms with van der Waals surface area (Å²) in [5.74, 6) is 0. The second-order valence-corrected chi connectivity index (χ2v) is 8.99. The van der Waals surface area contributed by atoms with Gasteiger partial charge >= 0.3 is 0 Å². The lowest BCUT2D eigenvalue weighted by molar-refractivity contribution is 0.443. The molecule has 3 rings (SSSR count). The van der Waals surface area contributed by atoms with Crippen LogP contribution in [0.25, 0.3) is 0 Å². The first kappa shape index (κ1) is 15.9. The molecule has 2 aliphatic rings. The van der Waals surface area contributed by atoms with Crippen LogP contribution in [0.15, 0.2) is 34.2 Å². The SMILES string of the molecule is CC1C(=NC2CCCCC2)Sc2ccccc2N1S(C)(=O)=O. The summed E-state index contributed by atoms with van der Waals surface area (Å²) in [6.07, 6.45) is 7.27. The van der Waals surface area contributed by atoms with E-state index in [-0.39, 0.29) is 6.04 Å². The Labute approximate surface area is 137 Å². The third-order valence-electron chi connectivity index (χ3n) is 4.27. The summed E-state index contributed by atoms with van der Waals surface area (Å²) >= 11 is 1.62. The minimum atomic E-state index is -3.32. The van der Waals surface area contributed by atoms with Gasteiger partial charge in [0, 0.05) is 4.90 Å². The van der Waals surface area contributed by atoms with Crippen LogP contribution in [0.4, 0.5) is 5.69 Å². The van der Waals surface area contributed by atoms with E-state index in [2.05, 4.69) is 0 Å². The fourth-order valence-electron chi connectivity index (χ4n) is 3.22. The van der Waals surface area contributed by atoms with Gasteiger partial charge in [-0.15, -0.1) is 0 Å². The van der Waals surface area contributed by atoms with Crippen molar-refractivity contribution in [3.05, 3.63) is 24.3 Å². The Bertz CT molecular complexity index is 679. The number of thioether (sulfide) groups is 1. The summed E-state index contributed by atoms with van der Waals surface area (Å²) in [5, 5.41) is 0.927. The lowest BCUT2D eigenvalue weighted by Crippen LogP contribution is -2.44. The van der Waals surface area contributed by atoms with Gasteiger partial charge in [0.1, 0.15) is 0 Å². The maximum Gasteiger partial charge on any atom is 0.232 e. The summed E-state index contributed by atoms with van der Waals surface area (Å²) in [7, 11) is -3.32. The second-order valence-electron chi connectivity index (χ2n) is 6.06. The van der Waals surface area contributed by atoms with E-state index in [4.69, 9.17) is 4.99 Å². The van der Waals surface area contributed by atoms with Crippen molar-refractivity contribution in [3.63, 3.8) is 0 Å². The number of aliphatic imine (C=N–C) groups is 1. The van der Waals surface area contributed by atoms with Crippen LogP contribution in [0, 0.1) is 0 Å². The van der Waals surface area contributed by atoms with Crippen molar-refractivity contribution >= 4 is 32.5 Å². The predicted molar refractivity (Wildman–Crippen MR) is 93.4 cm³/mol. The molecular weight excluding hydrogens is 316 g/mol. The normalized spacial score (nSPS) is 25.3. The van der Waals surface area contributed by atoms with Gasteiger partial charge in [0.15, 0.2) is 0 Å². The zero-order valence-electron chi connectivity index (χ0n) is 13.0. The molecule has 1 saturated carbocycles. The second kappa shape index (κ2) is 6.24. The number of rotatable bonds is 2. The topological polar surface area (TPSA) is 49.7 Å². The standard InChI is InChI=1S/C16H22N2O2S2/c1-12-16(17-13-8-4-3-5-9-13)21-15-11-7-6-10-14(15)18(12)22(2,19)20/h6-7,10-13H,3-5,8-9H2,1-2H3. The maximum absolute atomic E-state index is 12.3. The van der Waals surface area contributed by atoms with Crippen molar-refractivity contribution in [3.8, 4) is 0 Å². The van der Waals surface area contributed by atoms with Crippen LogP contribution in [-0.2, 0) is 10.0 Å². The summed E-state index contributed by atoms with van der Waals surface area (Å²) < 4.78 is 26.0. The van der Waals surface area contributed by atoms with E-state index in [1.54, 1.807) is 11.8 Å². The Morgan fingerprint density at radius 2 is 1.86 bits per heavy atom. The van der Waals surface area contributed by atoms with Gasteiger partial charge < -0.3 is 0 Å². The van der Waals surface area contributed by atoms with Gasteiger partial charge in [-0.1, -0.05) is 43.2 Å². The smallest absolute Gasteiger partial charge is 0.232 e. The summed E-state index contributed by atoms with van der Waals surface area (Å²) in [6.45, 7) is 1.94. The number of hydrogen-bond donors (Lipinski definition) is 0. The highest BCUT2D eigenvalue weighted by Gasteiger charge is 2.34. The Balaban J connectivity index is 1.99. The maximum atomic E-state index is 12.3. The summed E-state index contributed by atoms with van der Waals surface area (Å²) in [4.78, 5) is 5.88. The van der Waals surface area contributed by atoms with Crippen LogP contribution in [0.1, 0.15) is 39.0 Å². The van der Waals surface area contributed by atoms with E-state index >= 15 is 0 Å². The van der Waals surface area contributed by atoms with Crippen LogP contribution in [0.3, 0.4) is 0 Å². The summed E-state index contributed by atoms with van der Waals surface area (Å²) in [6, 6.07) is 7.80. The number of sulfonamides is 1. The minimum absolute atomic E-state index is 0.225. The molecule has 6 heteroatoms. The van der Waals surface area contributed by atoms with Crippen LogP contribution >= 0.6 is 11.8 Å². The van der Waals surface area contributed by atoms with Crippen molar-refractivity contribution in [2.24, 2.45) is 4.99 Å². The molecule has 4 nitrogen and oxygen atoms in total. The number of benzene rings is 1. The third kappa shape index (κ3) is 3.18. The molecule has 0 N–H and O–H groups in total. The first-order valence-electron chi connectivity index (χ1n) is 7.81. The van der Waals surface area contributed by atoms with Crippen LogP contribution < -0.4 is 4.31 Å². The molecule has 1 aromatic rings. The average molecular weight is 338 g/mol. The number of anilines is 1. The zero-order valence-corrected chi connectivity index (χ0v) is 14.7. The minimum Gasteiger partial charge on any atom is -0.277 e. The average Bonchev–Trinajstić information content (AvgIpc) is 2.48. The molecule has 1 aliphatic heterocycles. The van der Waals surface area contributed by atoms with E-state index < -0.39 is 10.0 Å². The quantitative estimate of drug-likeness (QED) is 0.826. The number of hydrogen-bond acceptors (Lipinski definition) is 4. The van der Waals surface area contributed by atoms with Gasteiger partial charge in [-0.25, -0.2) is 8.42 Å². The van der Waals surface area contributed by atoms with E-state index in [9.17, 15) is 8.42 Å². The molecule has 1 aromatic carbocycles. The first-order valence-corrected chi connectivity index (χ1v) is 10.5. The van der Waals surface area contributed by atoms with Gasteiger partial charge in [-0.2, -0.15) is 0 Å². The molecule has 0 amide bonds. The highest BCUT2D eigenvalue weighted by molar-refractivity contribution is 8.14. The molecule has 120 valence electrons. The molecule has 1 unspecified atom stereocenters. The Hall–Kier alpha value is -1.01. The molecule has 1 aliphatic carbocycles. The van der Waals surface area contributed by atoms with Gasteiger partial charge in [0.2, 0.25) is 10.0 Å². The van der Waals surface area contributed by atoms with Crippen LogP contribution in [-0.4, -0.2) is 31.8 Å². The number of nitrogens with zero attached hydrogens (tertiary/aromatic N) is 2. The molecule has 0 spiro atoms. The third-order valence-corrected chi connectivity index (χ3v) is 6.72. The lowest BCUT2D eigenvalue weighted by Gasteiger charge is -2.36. The zero-order chi connectivity index (χ0) is 15.7. The molecule has 22 heavy (non-hydrogen) atoms. The Morgan fingerprint density at radius 3 is 2.55 bits per heavy atom. The highest BCUT2D eigenvalue weighted by Crippen LogP contribution is 2.40. The number of para-hydroxylation sites is 1. The van der Waals surface area contributed by atoms with E-state index in [1.807, 2.05) is 31.2 Å². The molecule has 0 radical (unpaired) electrons. The van der Waals surface area contributed by atoms with Crippen LogP contribution in [0.5, 0.6) is 0 Å². The van der Waals surface area contributed by atoms with Gasteiger partial charge in [0.05, 0.1) is 29.1 Å². The fraction of sp³-hybridized carbons (Fsp3) is 0.562. The molecular formula is C16H22N2O2S2. The van der Waals surface area contributed by atoms with Gasteiger partial charge in [0.25, 0.3) is 0 Å². The van der Waals surface area contributed by atoms with Crippen molar-refractivity contribution < 1.29 is 8.42 Å². The molecule has 0 aromatic heterocycles. The summed E-state index contributed by atoms with van der Waals surface area (Å²) in [5.41, 5.74) is 0.769. The van der Waals surface area contributed by atoms with E-state index in [0.717, 1.165) is 28.5 Å². The van der Waals surface area contributed by atoms with Gasteiger partial charge in [-0.3, -0.25) is 9.30 Å². The van der Waals surface area contributed by atoms with E-state index in [0.29, 0.717) is 6.04 Å². The van der Waals surface area contributed by atoms with Crippen molar-refractivity contribution in [2.75, 3.05) is 10.6 Å². The number of fused-ring (bicyclic) bond motifs is 1. The van der Waals surface area contributed by atoms with Crippen LogP contribution in [0.2, 0.25) is 0 Å². The fourth-order valence-corrected chi connectivity index (χ4v) is 5.66. The van der Waals surface area contributed by atoms with Crippen molar-refractivity contribution in [1.82, 2.24) is 0 Å². The van der Waals surface area contributed by atoms with Crippen molar-refractivity contribution in [1.29, 1.82) is 0 Å². The Kier molecular flexibility index (Phi) is 4.50. The highest BCUT2D eigenvalue weighted by atomic mass is 32.2. The molecule has 1 fully saturated rings. The van der Waals surface area contributed by atoms with E-state index in [1.165, 1.54) is 29.8 Å². The largest absolute Gasteiger partial charge is 0.277 e. The molecule has 0 bridgehead atoms.